The molecule has 0 heterocycles. The van der Waals surface area contributed by atoms with Crippen LogP contribution >= 0.6 is 12.3 Å². The van der Waals surface area contributed by atoms with Crippen LogP contribution in [0.5, 0.6) is 28.7 Å². The molecule has 9 nitrogen and oxygen atoms in total. The van der Waals surface area contributed by atoms with E-state index in [1.807, 2.05) is 19.1 Å². The first-order valence-corrected chi connectivity index (χ1v) is 9.89. The van der Waals surface area contributed by atoms with Crippen molar-refractivity contribution in [3.8, 4) is 28.7 Å². The summed E-state index contributed by atoms with van der Waals surface area (Å²) in [7, 11) is 6.11. The SMILES string of the molecule is COc1cc(/C=C/C(=O)/C=C/c2cc(OC)c(OSOON)c(OC)c2)cc(OC)c1C. The molecule has 0 aliphatic carbocycles. The summed E-state index contributed by atoms with van der Waals surface area (Å²) in [6, 6.07) is 7.00. The van der Waals surface area contributed by atoms with Crippen LogP contribution in [0.3, 0.4) is 0 Å². The van der Waals surface area contributed by atoms with Crippen LogP contribution in [0.15, 0.2) is 36.4 Å². The summed E-state index contributed by atoms with van der Waals surface area (Å²) in [4.78, 5) is 16.3. The summed E-state index contributed by atoms with van der Waals surface area (Å²) in [6.07, 6.45) is 6.19. The van der Waals surface area contributed by atoms with Crippen molar-refractivity contribution in [1.82, 2.24) is 0 Å². The molecule has 10 heteroatoms. The van der Waals surface area contributed by atoms with Crippen LogP contribution in [0.1, 0.15) is 16.7 Å². The Balaban J connectivity index is 2.19. The maximum Gasteiger partial charge on any atom is 0.260 e. The van der Waals surface area contributed by atoms with E-state index in [9.17, 15) is 4.79 Å². The zero-order valence-electron chi connectivity index (χ0n) is 18.4. The highest BCUT2D eigenvalue weighted by molar-refractivity contribution is 7.90. The van der Waals surface area contributed by atoms with E-state index in [0.29, 0.717) is 40.9 Å². The Morgan fingerprint density at radius 1 is 0.812 bits per heavy atom. The molecular weight excluding hydrogens is 438 g/mol. The van der Waals surface area contributed by atoms with Crippen molar-refractivity contribution in [1.29, 1.82) is 0 Å². The van der Waals surface area contributed by atoms with Gasteiger partial charge in [0.05, 0.1) is 28.4 Å². The topological polar surface area (TPSA) is 108 Å². The molecule has 0 unspecified atom stereocenters. The Morgan fingerprint density at radius 3 is 1.66 bits per heavy atom. The number of carbonyl (C=O) groups excluding carboxylic acids is 1. The van der Waals surface area contributed by atoms with E-state index < -0.39 is 0 Å². The first kappa shape index (κ1) is 25.1. The van der Waals surface area contributed by atoms with Crippen LogP contribution in [0.25, 0.3) is 12.2 Å². The third-order valence-corrected chi connectivity index (χ3v) is 4.69. The maximum atomic E-state index is 12.3. The van der Waals surface area contributed by atoms with Crippen LogP contribution in [-0.4, -0.2) is 34.2 Å². The fourth-order valence-corrected chi connectivity index (χ4v) is 3.05. The van der Waals surface area contributed by atoms with E-state index in [2.05, 4.69) is 9.32 Å². The largest absolute Gasteiger partial charge is 0.496 e. The highest BCUT2D eigenvalue weighted by Crippen LogP contribution is 2.41. The summed E-state index contributed by atoms with van der Waals surface area (Å²) >= 11 is 0.494. The van der Waals surface area contributed by atoms with Crippen molar-refractivity contribution >= 4 is 30.3 Å². The molecule has 0 saturated heterocycles. The fraction of sp³-hybridized carbons (Fsp3) is 0.227. The van der Waals surface area contributed by atoms with E-state index >= 15 is 0 Å². The van der Waals surface area contributed by atoms with E-state index in [4.69, 9.17) is 29.0 Å². The van der Waals surface area contributed by atoms with Gasteiger partial charge in [-0.2, -0.15) is 5.90 Å². The highest BCUT2D eigenvalue weighted by atomic mass is 32.2. The lowest BCUT2D eigenvalue weighted by Gasteiger charge is -2.13. The predicted molar refractivity (Wildman–Crippen MR) is 121 cm³/mol. The average molecular weight is 464 g/mol. The third-order valence-electron chi connectivity index (χ3n) is 4.32. The van der Waals surface area contributed by atoms with Gasteiger partial charge in [-0.15, -0.1) is 9.32 Å². The minimum Gasteiger partial charge on any atom is -0.496 e. The molecule has 0 bridgehead atoms. The number of rotatable bonds is 12. The number of ether oxygens (including phenoxy) is 4. The number of carbonyl (C=O) groups is 1. The van der Waals surface area contributed by atoms with Gasteiger partial charge in [-0.1, -0.05) is 12.2 Å². The molecule has 0 radical (unpaired) electrons. The highest BCUT2D eigenvalue weighted by Gasteiger charge is 2.15. The van der Waals surface area contributed by atoms with E-state index in [0.717, 1.165) is 11.1 Å². The number of ketones is 1. The van der Waals surface area contributed by atoms with Crippen molar-refractivity contribution in [2.75, 3.05) is 28.4 Å². The lowest BCUT2D eigenvalue weighted by molar-refractivity contribution is -0.199. The Hall–Kier alpha value is -3.18. The average Bonchev–Trinajstić information content (AvgIpc) is 2.82. The zero-order valence-corrected chi connectivity index (χ0v) is 19.2. The Bertz CT molecular complexity index is 940. The normalized spacial score (nSPS) is 11.1. The number of allylic oxidation sites excluding steroid dienone is 2. The number of hydrogen-bond donors (Lipinski definition) is 1. The third kappa shape index (κ3) is 6.66. The van der Waals surface area contributed by atoms with Gasteiger partial charge in [-0.05, 0) is 54.5 Å². The van der Waals surface area contributed by atoms with Gasteiger partial charge >= 0.3 is 0 Å². The van der Waals surface area contributed by atoms with Gasteiger partial charge in [0, 0.05) is 5.56 Å². The molecule has 0 atom stereocenters. The molecule has 0 aliphatic heterocycles. The van der Waals surface area contributed by atoms with Gasteiger partial charge in [-0.25, -0.2) is 0 Å². The molecular formula is C22H25NO8S. The van der Waals surface area contributed by atoms with Crippen molar-refractivity contribution < 1.29 is 37.2 Å². The Kier molecular flexibility index (Phi) is 9.89. The molecule has 2 aromatic carbocycles. The van der Waals surface area contributed by atoms with E-state index in [1.54, 1.807) is 38.5 Å². The number of hydrogen-bond acceptors (Lipinski definition) is 10. The zero-order chi connectivity index (χ0) is 23.5. The van der Waals surface area contributed by atoms with Gasteiger partial charge < -0.3 is 23.1 Å². The van der Waals surface area contributed by atoms with Gasteiger partial charge in [-0.3, -0.25) is 4.79 Å². The van der Waals surface area contributed by atoms with Gasteiger partial charge in [0.15, 0.2) is 17.3 Å². The second-order valence-corrected chi connectivity index (χ2v) is 6.63. The molecule has 0 fully saturated rings. The smallest absolute Gasteiger partial charge is 0.260 e. The molecule has 2 N–H and O–H groups in total. The first-order valence-electron chi connectivity index (χ1n) is 9.22. The number of methoxy groups -OCH3 is 4. The maximum absolute atomic E-state index is 12.3. The summed E-state index contributed by atoms with van der Waals surface area (Å²) in [5, 5.41) is 0. The van der Waals surface area contributed by atoms with Crippen molar-refractivity contribution in [3.05, 3.63) is 53.1 Å². The predicted octanol–water partition coefficient (Wildman–Crippen LogP) is 4.09. The van der Waals surface area contributed by atoms with Crippen molar-refractivity contribution in [2.24, 2.45) is 5.90 Å². The van der Waals surface area contributed by atoms with Crippen molar-refractivity contribution in [3.63, 3.8) is 0 Å². The molecule has 172 valence electrons. The summed E-state index contributed by atoms with van der Waals surface area (Å²) < 4.78 is 31.1. The lowest BCUT2D eigenvalue weighted by Crippen LogP contribution is -1.98. The molecule has 2 rings (SSSR count). The Morgan fingerprint density at radius 2 is 1.25 bits per heavy atom. The molecule has 0 spiro atoms. The van der Waals surface area contributed by atoms with Crippen LogP contribution in [0.2, 0.25) is 0 Å². The summed E-state index contributed by atoms with van der Waals surface area (Å²) in [6.45, 7) is 1.90. The second-order valence-electron chi connectivity index (χ2n) is 6.19. The van der Waals surface area contributed by atoms with E-state index in [-0.39, 0.29) is 11.5 Å². The number of benzene rings is 2. The Labute approximate surface area is 190 Å². The molecule has 0 aromatic heterocycles. The standard InChI is InChI=1S/C22H25NO8S/c1-14-18(25-2)10-15(11-19(14)26-3)6-8-17(24)9-7-16-12-20(27-4)22(21(13-16)28-5)29-32-31-30-23/h6-13H,23H2,1-5H3/b8-6+,9-7+. The quantitative estimate of drug-likeness (QED) is 0.163. The number of nitrogens with two attached hydrogens (primary N) is 1. The van der Waals surface area contributed by atoms with Gasteiger partial charge in [0.2, 0.25) is 5.75 Å². The van der Waals surface area contributed by atoms with E-state index in [1.165, 1.54) is 26.4 Å². The molecule has 0 amide bonds. The second kappa shape index (κ2) is 12.6. The van der Waals surface area contributed by atoms with Crippen LogP contribution in [0.4, 0.5) is 0 Å². The van der Waals surface area contributed by atoms with Crippen molar-refractivity contribution in [2.45, 2.75) is 6.92 Å². The fourth-order valence-electron chi connectivity index (χ4n) is 2.76. The molecule has 0 saturated carbocycles. The minimum absolute atomic E-state index is 0.217. The molecule has 2 aromatic rings. The monoisotopic (exact) mass is 463 g/mol. The summed E-state index contributed by atoms with van der Waals surface area (Å²) in [5.41, 5.74) is 2.32. The summed E-state index contributed by atoms with van der Waals surface area (Å²) in [5.74, 6) is 6.90. The molecule has 0 aliphatic rings. The first-order chi connectivity index (χ1) is 15.5. The van der Waals surface area contributed by atoms with Crippen LogP contribution in [-0.2, 0) is 14.1 Å². The van der Waals surface area contributed by atoms with Crippen LogP contribution < -0.4 is 29.0 Å². The minimum atomic E-state index is -0.217. The van der Waals surface area contributed by atoms with Gasteiger partial charge in [0.25, 0.3) is 12.3 Å². The van der Waals surface area contributed by atoms with Crippen LogP contribution in [0, 0.1) is 6.92 Å². The lowest BCUT2D eigenvalue weighted by atomic mass is 10.1. The molecule has 32 heavy (non-hydrogen) atoms. The van der Waals surface area contributed by atoms with Gasteiger partial charge in [0.1, 0.15) is 11.5 Å².